The Balaban J connectivity index is 1.47. The predicted octanol–water partition coefficient (Wildman–Crippen LogP) is 4.73. The van der Waals surface area contributed by atoms with Crippen molar-refractivity contribution in [3.63, 3.8) is 0 Å². The van der Waals surface area contributed by atoms with Crippen LogP contribution in [0.5, 0.6) is 5.75 Å². The van der Waals surface area contributed by atoms with E-state index in [-0.39, 0.29) is 11.9 Å². The van der Waals surface area contributed by atoms with Gasteiger partial charge in [-0.3, -0.25) is 4.79 Å². The van der Waals surface area contributed by atoms with Crippen molar-refractivity contribution in [2.75, 3.05) is 55.0 Å². The van der Waals surface area contributed by atoms with Gasteiger partial charge in [0, 0.05) is 50.6 Å². The second kappa shape index (κ2) is 12.9. The molecular formula is C30H37N5O3. The van der Waals surface area contributed by atoms with Crippen LogP contribution in [0.25, 0.3) is 0 Å². The van der Waals surface area contributed by atoms with Crippen LogP contribution in [-0.2, 0) is 6.54 Å². The van der Waals surface area contributed by atoms with E-state index >= 15 is 0 Å². The highest BCUT2D eigenvalue weighted by Gasteiger charge is 2.24. The fourth-order valence-corrected chi connectivity index (χ4v) is 4.50. The minimum atomic E-state index is -0.319. The largest absolute Gasteiger partial charge is 0.495 e. The van der Waals surface area contributed by atoms with Crippen LogP contribution in [0.3, 0.4) is 0 Å². The number of nitrogens with zero attached hydrogens (tertiary/aromatic N) is 2. The monoisotopic (exact) mass is 515 g/mol. The molecular weight excluding hydrogens is 478 g/mol. The molecule has 1 fully saturated rings. The van der Waals surface area contributed by atoms with Crippen molar-refractivity contribution in [1.29, 1.82) is 0 Å². The number of hydrogen-bond donors (Lipinski definition) is 3. The first kappa shape index (κ1) is 26.9. The summed E-state index contributed by atoms with van der Waals surface area (Å²) >= 11 is 0. The van der Waals surface area contributed by atoms with Crippen LogP contribution in [0.1, 0.15) is 29.8 Å². The molecule has 3 amide bonds. The molecule has 3 aromatic carbocycles. The van der Waals surface area contributed by atoms with Crippen molar-refractivity contribution >= 4 is 29.0 Å². The predicted molar refractivity (Wildman–Crippen MR) is 153 cm³/mol. The van der Waals surface area contributed by atoms with E-state index in [0.717, 1.165) is 48.9 Å². The number of ether oxygens (including phenoxy) is 1. The molecule has 4 rings (SSSR count). The summed E-state index contributed by atoms with van der Waals surface area (Å²) in [4.78, 5) is 30.3. The lowest BCUT2D eigenvalue weighted by Crippen LogP contribution is -2.47. The third-order valence-corrected chi connectivity index (χ3v) is 6.51. The molecule has 3 N–H and O–H groups in total. The summed E-state index contributed by atoms with van der Waals surface area (Å²) in [5.74, 6) is 1.04. The van der Waals surface area contributed by atoms with Gasteiger partial charge in [0.2, 0.25) is 0 Å². The van der Waals surface area contributed by atoms with Crippen LogP contribution >= 0.6 is 0 Å². The highest BCUT2D eigenvalue weighted by Crippen LogP contribution is 2.31. The Labute approximate surface area is 225 Å². The highest BCUT2D eigenvalue weighted by atomic mass is 16.5. The van der Waals surface area contributed by atoms with Crippen molar-refractivity contribution < 1.29 is 14.3 Å². The molecule has 0 saturated carbocycles. The maximum atomic E-state index is 13.2. The van der Waals surface area contributed by atoms with Gasteiger partial charge >= 0.3 is 6.03 Å². The molecule has 0 spiro atoms. The number of rotatable bonds is 9. The van der Waals surface area contributed by atoms with E-state index in [1.54, 1.807) is 13.2 Å². The van der Waals surface area contributed by atoms with Gasteiger partial charge in [0.25, 0.3) is 5.91 Å². The van der Waals surface area contributed by atoms with Gasteiger partial charge in [-0.15, -0.1) is 0 Å². The van der Waals surface area contributed by atoms with Crippen LogP contribution < -0.4 is 30.5 Å². The van der Waals surface area contributed by atoms with Crippen molar-refractivity contribution in [2.45, 2.75) is 20.4 Å². The molecule has 0 bridgehead atoms. The molecule has 1 saturated heterocycles. The first-order valence-corrected chi connectivity index (χ1v) is 13.1. The number of anilines is 3. The maximum absolute atomic E-state index is 13.2. The molecule has 200 valence electrons. The molecule has 0 unspecified atom stereocenters. The Hall–Kier alpha value is -4.20. The maximum Gasteiger partial charge on any atom is 0.319 e. The Kier molecular flexibility index (Phi) is 9.08. The van der Waals surface area contributed by atoms with Gasteiger partial charge in [-0.05, 0) is 41.8 Å². The second-order valence-electron chi connectivity index (χ2n) is 9.78. The van der Waals surface area contributed by atoms with E-state index in [9.17, 15) is 9.59 Å². The zero-order valence-electron chi connectivity index (χ0n) is 22.4. The van der Waals surface area contributed by atoms with Crippen molar-refractivity contribution in [1.82, 2.24) is 10.6 Å². The number of carbonyl (C=O) groups excluding carboxylic acids is 2. The van der Waals surface area contributed by atoms with Crippen LogP contribution in [0.2, 0.25) is 0 Å². The zero-order valence-corrected chi connectivity index (χ0v) is 22.4. The van der Waals surface area contributed by atoms with Gasteiger partial charge in [0.05, 0.1) is 18.4 Å². The Morgan fingerprint density at radius 2 is 1.50 bits per heavy atom. The summed E-state index contributed by atoms with van der Waals surface area (Å²) < 4.78 is 5.55. The van der Waals surface area contributed by atoms with E-state index in [0.29, 0.717) is 30.3 Å². The normalized spacial score (nSPS) is 13.3. The minimum Gasteiger partial charge on any atom is -0.495 e. The minimum absolute atomic E-state index is 0.144. The summed E-state index contributed by atoms with van der Waals surface area (Å²) in [6, 6.07) is 23.0. The number of hydrogen-bond acceptors (Lipinski definition) is 5. The van der Waals surface area contributed by atoms with Crippen LogP contribution in [-0.4, -0.2) is 51.8 Å². The van der Waals surface area contributed by atoms with E-state index in [1.165, 1.54) is 0 Å². The van der Waals surface area contributed by atoms with Gasteiger partial charge < -0.3 is 30.5 Å². The molecule has 0 atom stereocenters. The smallest absolute Gasteiger partial charge is 0.319 e. The standard InChI is InChI=1S/C30H37N5O3/c1-22(2)20-31-29(36)25-19-24(33-30(37)32-21-23-9-5-4-6-10-23)13-14-26(25)34-15-17-35(18-16-34)27-11-7-8-12-28(27)38-3/h4-14,19,22H,15-18,20-21H2,1-3H3,(H,31,36)(H2,32,33,37). The summed E-state index contributed by atoms with van der Waals surface area (Å²) in [6.07, 6.45) is 0. The van der Waals surface area contributed by atoms with Crippen molar-refractivity contribution in [3.8, 4) is 5.75 Å². The Morgan fingerprint density at radius 3 is 2.18 bits per heavy atom. The SMILES string of the molecule is COc1ccccc1N1CCN(c2ccc(NC(=O)NCc3ccccc3)cc2C(=O)NCC(C)C)CC1. The van der Waals surface area contributed by atoms with Gasteiger partial charge in [-0.1, -0.05) is 56.3 Å². The third kappa shape index (κ3) is 6.97. The lowest BCUT2D eigenvalue weighted by molar-refractivity contribution is 0.0949. The molecule has 0 radical (unpaired) electrons. The van der Waals surface area contributed by atoms with E-state index in [1.807, 2.05) is 60.7 Å². The number of benzene rings is 3. The van der Waals surface area contributed by atoms with Gasteiger partial charge in [0.15, 0.2) is 0 Å². The van der Waals surface area contributed by atoms with Gasteiger partial charge in [0.1, 0.15) is 5.75 Å². The quantitative estimate of drug-likeness (QED) is 0.384. The summed E-state index contributed by atoms with van der Waals surface area (Å²) in [6.45, 7) is 8.24. The molecule has 8 nitrogen and oxygen atoms in total. The third-order valence-electron chi connectivity index (χ3n) is 6.51. The van der Waals surface area contributed by atoms with E-state index in [2.05, 4.69) is 45.7 Å². The van der Waals surface area contributed by atoms with Crippen LogP contribution in [0.4, 0.5) is 21.9 Å². The molecule has 38 heavy (non-hydrogen) atoms. The van der Waals surface area contributed by atoms with E-state index < -0.39 is 0 Å². The zero-order chi connectivity index (χ0) is 26.9. The number of urea groups is 1. The number of methoxy groups -OCH3 is 1. The molecule has 1 heterocycles. The number of para-hydroxylation sites is 2. The van der Waals surface area contributed by atoms with Crippen LogP contribution in [0, 0.1) is 5.92 Å². The van der Waals surface area contributed by atoms with E-state index in [4.69, 9.17) is 4.74 Å². The van der Waals surface area contributed by atoms with Gasteiger partial charge in [-0.2, -0.15) is 0 Å². The summed E-state index contributed by atoms with van der Waals surface area (Å²) in [5.41, 5.74) is 4.07. The lowest BCUT2D eigenvalue weighted by atomic mass is 10.1. The van der Waals surface area contributed by atoms with Crippen molar-refractivity contribution in [3.05, 3.63) is 83.9 Å². The average molecular weight is 516 g/mol. The highest BCUT2D eigenvalue weighted by molar-refractivity contribution is 6.02. The Bertz CT molecular complexity index is 1220. The molecule has 8 heteroatoms. The topological polar surface area (TPSA) is 85.9 Å². The first-order valence-electron chi connectivity index (χ1n) is 13.1. The van der Waals surface area contributed by atoms with Crippen molar-refractivity contribution in [2.24, 2.45) is 5.92 Å². The molecule has 0 aromatic heterocycles. The Morgan fingerprint density at radius 1 is 0.842 bits per heavy atom. The number of nitrogens with one attached hydrogen (secondary N) is 3. The molecule has 3 aromatic rings. The molecule has 0 aliphatic carbocycles. The van der Waals surface area contributed by atoms with Gasteiger partial charge in [-0.25, -0.2) is 4.79 Å². The summed E-state index contributed by atoms with van der Waals surface area (Å²) in [5, 5.41) is 8.77. The number of amides is 3. The first-order chi connectivity index (χ1) is 18.4. The van der Waals surface area contributed by atoms with Crippen LogP contribution in [0.15, 0.2) is 72.8 Å². The summed E-state index contributed by atoms with van der Waals surface area (Å²) in [7, 11) is 1.69. The fraction of sp³-hybridized carbons (Fsp3) is 0.333. The molecule has 1 aliphatic rings. The average Bonchev–Trinajstić information content (AvgIpc) is 2.95. The number of piperazine rings is 1. The molecule has 1 aliphatic heterocycles. The second-order valence-corrected chi connectivity index (χ2v) is 9.78. The number of carbonyl (C=O) groups is 2. The fourth-order valence-electron chi connectivity index (χ4n) is 4.50. The lowest BCUT2D eigenvalue weighted by Gasteiger charge is -2.38.